The van der Waals surface area contributed by atoms with Gasteiger partial charge in [0.15, 0.2) is 5.76 Å². The van der Waals surface area contributed by atoms with E-state index in [2.05, 4.69) is 6.92 Å². The average molecular weight is 298 g/mol. The highest BCUT2D eigenvalue weighted by Crippen LogP contribution is 2.13. The van der Waals surface area contributed by atoms with E-state index in [1.54, 1.807) is 0 Å². The molecule has 0 bridgehead atoms. The molecular weight excluding hydrogens is 264 g/mol. The Kier molecular flexibility index (Phi) is 14.7. The van der Waals surface area contributed by atoms with Crippen LogP contribution in [0.5, 0.6) is 0 Å². The number of carboxylic acids is 1. The molecule has 3 nitrogen and oxygen atoms in total. The Labute approximate surface area is 130 Å². The molecule has 0 unspecified atom stereocenters. The predicted molar refractivity (Wildman–Crippen MR) is 88.7 cm³/mol. The largest absolute Gasteiger partial charge is 0.502 e. The van der Waals surface area contributed by atoms with E-state index in [0.717, 1.165) is 12.8 Å². The van der Waals surface area contributed by atoms with Gasteiger partial charge < -0.3 is 10.2 Å². The number of aliphatic carboxylic acids is 1. The molecular formula is C18H34O3. The lowest BCUT2D eigenvalue weighted by molar-refractivity contribution is -0.135. The summed E-state index contributed by atoms with van der Waals surface area (Å²) < 4.78 is 0. The van der Waals surface area contributed by atoms with Gasteiger partial charge in [0.25, 0.3) is 0 Å². The molecule has 0 fully saturated rings. The van der Waals surface area contributed by atoms with Crippen molar-refractivity contribution in [3.8, 4) is 0 Å². The summed E-state index contributed by atoms with van der Waals surface area (Å²) in [5.74, 6) is -1.75. The van der Waals surface area contributed by atoms with Crippen LogP contribution >= 0.6 is 0 Å². The second-order valence-corrected chi connectivity index (χ2v) is 5.93. The third-order valence-corrected chi connectivity index (χ3v) is 3.86. The number of allylic oxidation sites excluding steroid dienone is 1. The van der Waals surface area contributed by atoms with Gasteiger partial charge in [-0.05, 0) is 18.9 Å². The van der Waals surface area contributed by atoms with Gasteiger partial charge in [0.05, 0.1) is 0 Å². The van der Waals surface area contributed by atoms with Gasteiger partial charge >= 0.3 is 5.97 Å². The van der Waals surface area contributed by atoms with E-state index in [0.29, 0.717) is 6.42 Å². The molecule has 0 saturated carbocycles. The van der Waals surface area contributed by atoms with Crippen molar-refractivity contribution in [3.63, 3.8) is 0 Å². The van der Waals surface area contributed by atoms with Crippen LogP contribution in [-0.4, -0.2) is 16.2 Å². The van der Waals surface area contributed by atoms with E-state index >= 15 is 0 Å². The topological polar surface area (TPSA) is 57.5 Å². The molecule has 0 aromatic rings. The summed E-state index contributed by atoms with van der Waals surface area (Å²) in [6.45, 7) is 2.26. The van der Waals surface area contributed by atoms with E-state index in [1.807, 2.05) is 0 Å². The Morgan fingerprint density at radius 2 is 1.10 bits per heavy atom. The van der Waals surface area contributed by atoms with Crippen molar-refractivity contribution in [3.05, 3.63) is 11.8 Å². The first-order valence-corrected chi connectivity index (χ1v) is 8.81. The maximum atomic E-state index is 10.3. The maximum Gasteiger partial charge on any atom is 0.370 e. The summed E-state index contributed by atoms with van der Waals surface area (Å²) in [5.41, 5.74) is 0. The van der Waals surface area contributed by atoms with Gasteiger partial charge in [-0.1, -0.05) is 84.0 Å². The summed E-state index contributed by atoms with van der Waals surface area (Å²) in [4.78, 5) is 10.3. The van der Waals surface area contributed by atoms with E-state index in [9.17, 15) is 4.79 Å². The van der Waals surface area contributed by atoms with Crippen molar-refractivity contribution in [2.75, 3.05) is 0 Å². The van der Waals surface area contributed by atoms with Crippen LogP contribution in [0.4, 0.5) is 0 Å². The second kappa shape index (κ2) is 15.4. The lowest BCUT2D eigenvalue weighted by atomic mass is 10.0. The molecule has 0 amide bonds. The Balaban J connectivity index is 3.12. The first-order chi connectivity index (χ1) is 10.2. The number of rotatable bonds is 15. The molecule has 0 heterocycles. The minimum atomic E-state index is -1.23. The van der Waals surface area contributed by atoms with E-state index in [1.165, 1.54) is 76.7 Å². The van der Waals surface area contributed by atoms with Crippen LogP contribution in [0.2, 0.25) is 0 Å². The standard InChI is InChI=1S/C18H34O3/c1-2-3-4-5-6-7-8-9-10-11-12-13-14-15-16-17(19)18(20)21/h16,19H,2-15H2,1H3,(H,20,21)/b17-16-. The van der Waals surface area contributed by atoms with Crippen LogP contribution < -0.4 is 0 Å². The van der Waals surface area contributed by atoms with Crippen molar-refractivity contribution in [1.82, 2.24) is 0 Å². The van der Waals surface area contributed by atoms with Crippen LogP contribution in [0.3, 0.4) is 0 Å². The van der Waals surface area contributed by atoms with Crippen LogP contribution in [0, 0.1) is 0 Å². The maximum absolute atomic E-state index is 10.3. The first-order valence-electron chi connectivity index (χ1n) is 8.81. The fourth-order valence-electron chi connectivity index (χ4n) is 2.49. The van der Waals surface area contributed by atoms with Crippen molar-refractivity contribution in [2.24, 2.45) is 0 Å². The number of carboxylic acid groups (broad SMARTS) is 1. The zero-order chi connectivity index (χ0) is 15.8. The fraction of sp³-hybridized carbons (Fsp3) is 0.833. The summed E-state index contributed by atoms with van der Waals surface area (Å²) in [6.07, 6.45) is 19.0. The number of aliphatic hydroxyl groups is 1. The molecule has 0 radical (unpaired) electrons. The summed E-state index contributed by atoms with van der Waals surface area (Å²) >= 11 is 0. The molecule has 124 valence electrons. The first kappa shape index (κ1) is 20.0. The SMILES string of the molecule is CCCCCCCCCCCCCCC/C=C(\O)C(=O)O. The van der Waals surface area contributed by atoms with Crippen molar-refractivity contribution in [2.45, 2.75) is 96.8 Å². The van der Waals surface area contributed by atoms with Gasteiger partial charge in [0, 0.05) is 0 Å². The Morgan fingerprint density at radius 3 is 1.48 bits per heavy atom. The molecule has 0 aliphatic heterocycles. The number of unbranched alkanes of at least 4 members (excludes halogenated alkanes) is 13. The smallest absolute Gasteiger partial charge is 0.370 e. The van der Waals surface area contributed by atoms with Crippen molar-refractivity contribution >= 4 is 5.97 Å². The van der Waals surface area contributed by atoms with Crippen LogP contribution in [0.1, 0.15) is 96.8 Å². The predicted octanol–water partition coefficient (Wildman–Crippen LogP) is 5.99. The van der Waals surface area contributed by atoms with Crippen molar-refractivity contribution < 1.29 is 15.0 Å². The molecule has 0 aromatic carbocycles. The lowest BCUT2D eigenvalue weighted by Gasteiger charge is -2.02. The highest BCUT2D eigenvalue weighted by molar-refractivity contribution is 5.83. The number of hydrogen-bond donors (Lipinski definition) is 2. The molecule has 0 aliphatic rings. The molecule has 21 heavy (non-hydrogen) atoms. The third kappa shape index (κ3) is 15.2. The highest BCUT2D eigenvalue weighted by atomic mass is 16.4. The summed E-state index contributed by atoms with van der Waals surface area (Å²) in [5, 5.41) is 17.4. The van der Waals surface area contributed by atoms with Gasteiger partial charge in [0.2, 0.25) is 0 Å². The van der Waals surface area contributed by atoms with Crippen LogP contribution in [0.25, 0.3) is 0 Å². The van der Waals surface area contributed by atoms with Gasteiger partial charge in [-0.2, -0.15) is 0 Å². The molecule has 0 rings (SSSR count). The monoisotopic (exact) mass is 298 g/mol. The Hall–Kier alpha value is -0.990. The van der Waals surface area contributed by atoms with Gasteiger partial charge in [-0.25, -0.2) is 4.79 Å². The molecule has 2 N–H and O–H groups in total. The van der Waals surface area contributed by atoms with Crippen molar-refractivity contribution in [1.29, 1.82) is 0 Å². The van der Waals surface area contributed by atoms with E-state index < -0.39 is 11.7 Å². The van der Waals surface area contributed by atoms with Crippen LogP contribution in [0.15, 0.2) is 11.8 Å². The van der Waals surface area contributed by atoms with E-state index in [4.69, 9.17) is 10.2 Å². The molecule has 0 atom stereocenters. The number of aliphatic hydroxyl groups excluding tert-OH is 1. The summed E-state index contributed by atoms with van der Waals surface area (Å²) in [7, 11) is 0. The Morgan fingerprint density at radius 1 is 0.714 bits per heavy atom. The van der Waals surface area contributed by atoms with E-state index in [-0.39, 0.29) is 0 Å². The zero-order valence-electron chi connectivity index (χ0n) is 13.8. The molecule has 0 saturated heterocycles. The normalized spacial score (nSPS) is 11.8. The second-order valence-electron chi connectivity index (χ2n) is 5.93. The molecule has 0 spiro atoms. The fourth-order valence-corrected chi connectivity index (χ4v) is 2.49. The minimum absolute atomic E-state index is 0.520. The quantitative estimate of drug-likeness (QED) is 0.222. The van der Waals surface area contributed by atoms with Gasteiger partial charge in [0.1, 0.15) is 0 Å². The third-order valence-electron chi connectivity index (χ3n) is 3.86. The lowest BCUT2D eigenvalue weighted by Crippen LogP contribution is -1.98. The molecule has 0 aliphatic carbocycles. The minimum Gasteiger partial charge on any atom is -0.502 e. The van der Waals surface area contributed by atoms with Gasteiger partial charge in [-0.15, -0.1) is 0 Å². The average Bonchev–Trinajstić information content (AvgIpc) is 2.47. The van der Waals surface area contributed by atoms with Crippen LogP contribution in [-0.2, 0) is 4.79 Å². The Bertz CT molecular complexity index is 272. The van der Waals surface area contributed by atoms with Gasteiger partial charge in [-0.3, -0.25) is 0 Å². The zero-order valence-corrected chi connectivity index (χ0v) is 13.8. The highest BCUT2D eigenvalue weighted by Gasteiger charge is 2.01. The number of hydrogen-bond acceptors (Lipinski definition) is 2. The summed E-state index contributed by atoms with van der Waals surface area (Å²) in [6, 6.07) is 0. The molecule has 3 heteroatoms. The molecule has 0 aromatic heterocycles. The number of carbonyl (C=O) groups is 1.